The Bertz CT molecular complexity index is 540. The van der Waals surface area contributed by atoms with Crippen molar-refractivity contribution in [3.63, 3.8) is 0 Å². The van der Waals surface area contributed by atoms with Crippen LogP contribution in [0.2, 0.25) is 0 Å². The van der Waals surface area contributed by atoms with Gasteiger partial charge < -0.3 is 14.6 Å². The molecule has 0 amide bonds. The molecular weight excluding hydrogens is 296 g/mol. The van der Waals surface area contributed by atoms with Crippen LogP contribution in [0.15, 0.2) is 46.9 Å². The number of hydrogen-bond donors (Lipinski definition) is 1. The number of benzene rings is 2. The molecule has 4 heteroatoms. The first kappa shape index (κ1) is 12.8. The second-order valence-electron chi connectivity index (χ2n) is 3.74. The number of rotatable bonds is 4. The van der Waals surface area contributed by atoms with Gasteiger partial charge in [0.1, 0.15) is 23.9 Å². The second kappa shape index (κ2) is 5.78. The summed E-state index contributed by atoms with van der Waals surface area (Å²) < 4.78 is 11.6. The summed E-state index contributed by atoms with van der Waals surface area (Å²) in [7, 11) is 1.62. The number of aromatic hydroxyl groups is 1. The fourth-order valence-electron chi connectivity index (χ4n) is 1.51. The molecule has 0 aliphatic heterocycles. The van der Waals surface area contributed by atoms with Crippen LogP contribution in [0.4, 0.5) is 0 Å². The third-order valence-electron chi connectivity index (χ3n) is 2.47. The Balaban J connectivity index is 2.06. The quantitative estimate of drug-likeness (QED) is 0.935. The zero-order chi connectivity index (χ0) is 13.0. The van der Waals surface area contributed by atoms with Crippen molar-refractivity contribution in [3.8, 4) is 17.2 Å². The smallest absolute Gasteiger partial charge is 0.123 e. The van der Waals surface area contributed by atoms with E-state index in [1.54, 1.807) is 19.2 Å². The van der Waals surface area contributed by atoms with Crippen molar-refractivity contribution >= 4 is 15.9 Å². The van der Waals surface area contributed by atoms with E-state index in [4.69, 9.17) is 9.47 Å². The van der Waals surface area contributed by atoms with Gasteiger partial charge in [-0.15, -0.1) is 0 Å². The largest absolute Gasteiger partial charge is 0.508 e. The molecule has 0 atom stereocenters. The van der Waals surface area contributed by atoms with Crippen molar-refractivity contribution in [3.05, 3.63) is 52.5 Å². The minimum Gasteiger partial charge on any atom is -0.508 e. The van der Waals surface area contributed by atoms with Gasteiger partial charge in [-0.25, -0.2) is 0 Å². The third-order valence-corrected chi connectivity index (χ3v) is 3.21. The van der Waals surface area contributed by atoms with Gasteiger partial charge >= 0.3 is 0 Å². The summed E-state index contributed by atoms with van der Waals surface area (Å²) >= 11 is 3.38. The molecule has 2 aromatic rings. The molecule has 2 aromatic carbocycles. The van der Waals surface area contributed by atoms with Gasteiger partial charge in [0.15, 0.2) is 0 Å². The van der Waals surface area contributed by atoms with Gasteiger partial charge in [0.25, 0.3) is 0 Å². The Hall–Kier alpha value is -1.68. The molecular formula is C14H13BrO3. The molecule has 0 bridgehead atoms. The minimum absolute atomic E-state index is 0.229. The Labute approximate surface area is 114 Å². The lowest BCUT2D eigenvalue weighted by Crippen LogP contribution is -1.96. The molecule has 0 aliphatic rings. The van der Waals surface area contributed by atoms with Crippen molar-refractivity contribution < 1.29 is 14.6 Å². The zero-order valence-electron chi connectivity index (χ0n) is 9.89. The van der Waals surface area contributed by atoms with Crippen LogP contribution in [0.3, 0.4) is 0 Å². The summed E-state index contributed by atoms with van der Waals surface area (Å²) in [6.45, 7) is 0.425. The highest BCUT2D eigenvalue weighted by atomic mass is 79.9. The molecule has 1 N–H and O–H groups in total. The lowest BCUT2D eigenvalue weighted by atomic mass is 10.2. The first-order valence-electron chi connectivity index (χ1n) is 5.43. The molecule has 0 radical (unpaired) electrons. The van der Waals surface area contributed by atoms with Crippen molar-refractivity contribution in [1.29, 1.82) is 0 Å². The van der Waals surface area contributed by atoms with Gasteiger partial charge in [0, 0.05) is 16.1 Å². The molecule has 94 valence electrons. The highest BCUT2D eigenvalue weighted by molar-refractivity contribution is 9.10. The van der Waals surface area contributed by atoms with Crippen LogP contribution in [0.25, 0.3) is 0 Å². The zero-order valence-corrected chi connectivity index (χ0v) is 11.5. The van der Waals surface area contributed by atoms with Crippen molar-refractivity contribution in [2.75, 3.05) is 7.11 Å². The van der Waals surface area contributed by atoms with Gasteiger partial charge in [-0.3, -0.25) is 0 Å². The maximum absolute atomic E-state index is 9.30. The van der Waals surface area contributed by atoms with E-state index in [2.05, 4.69) is 15.9 Å². The molecule has 0 fully saturated rings. The normalized spacial score (nSPS) is 10.1. The van der Waals surface area contributed by atoms with E-state index in [1.807, 2.05) is 30.3 Å². The SMILES string of the molecule is COc1cccc(OCc2ccc(O)cc2Br)c1. The summed E-state index contributed by atoms with van der Waals surface area (Å²) in [6, 6.07) is 12.5. The lowest BCUT2D eigenvalue weighted by molar-refractivity contribution is 0.302. The van der Waals surface area contributed by atoms with Gasteiger partial charge in [0.05, 0.1) is 7.11 Å². The van der Waals surface area contributed by atoms with E-state index >= 15 is 0 Å². The first-order valence-corrected chi connectivity index (χ1v) is 6.22. The van der Waals surface area contributed by atoms with Crippen LogP contribution in [0.1, 0.15) is 5.56 Å². The summed E-state index contributed by atoms with van der Waals surface area (Å²) in [5.41, 5.74) is 0.968. The maximum atomic E-state index is 9.30. The van der Waals surface area contributed by atoms with Crippen LogP contribution >= 0.6 is 15.9 Å². The first-order chi connectivity index (χ1) is 8.69. The fourth-order valence-corrected chi connectivity index (χ4v) is 1.99. The standard InChI is InChI=1S/C14H13BrO3/c1-17-12-3-2-4-13(8-12)18-9-10-5-6-11(16)7-14(10)15/h2-8,16H,9H2,1H3. The minimum atomic E-state index is 0.229. The topological polar surface area (TPSA) is 38.7 Å². The third kappa shape index (κ3) is 3.17. The molecule has 0 saturated carbocycles. The molecule has 0 saturated heterocycles. The van der Waals surface area contributed by atoms with Gasteiger partial charge in [-0.05, 0) is 24.3 Å². The Morgan fingerprint density at radius 1 is 1.11 bits per heavy atom. The molecule has 18 heavy (non-hydrogen) atoms. The van der Waals surface area contributed by atoms with Crippen LogP contribution in [0.5, 0.6) is 17.2 Å². The summed E-state index contributed by atoms with van der Waals surface area (Å²) in [5.74, 6) is 1.73. The summed E-state index contributed by atoms with van der Waals surface area (Å²) in [6.07, 6.45) is 0. The highest BCUT2D eigenvalue weighted by Gasteiger charge is 2.03. The Morgan fingerprint density at radius 3 is 2.61 bits per heavy atom. The predicted octanol–water partition coefficient (Wildman–Crippen LogP) is 3.74. The molecule has 0 aliphatic carbocycles. The molecule has 0 aromatic heterocycles. The number of phenols is 1. The average Bonchev–Trinajstić information content (AvgIpc) is 2.38. The maximum Gasteiger partial charge on any atom is 0.123 e. The molecule has 2 rings (SSSR count). The molecule has 0 unspecified atom stereocenters. The monoisotopic (exact) mass is 308 g/mol. The van der Waals surface area contributed by atoms with E-state index in [0.717, 1.165) is 21.5 Å². The van der Waals surface area contributed by atoms with E-state index in [-0.39, 0.29) is 5.75 Å². The number of halogens is 1. The average molecular weight is 309 g/mol. The van der Waals surface area contributed by atoms with Crippen molar-refractivity contribution in [2.45, 2.75) is 6.61 Å². The van der Waals surface area contributed by atoms with Gasteiger partial charge in [0.2, 0.25) is 0 Å². The number of methoxy groups -OCH3 is 1. The summed E-state index contributed by atoms with van der Waals surface area (Å²) in [5, 5.41) is 9.30. The highest BCUT2D eigenvalue weighted by Crippen LogP contribution is 2.25. The van der Waals surface area contributed by atoms with Gasteiger partial charge in [-0.2, -0.15) is 0 Å². The van der Waals surface area contributed by atoms with E-state index in [0.29, 0.717) is 6.61 Å². The molecule has 3 nitrogen and oxygen atoms in total. The van der Waals surface area contributed by atoms with E-state index < -0.39 is 0 Å². The number of phenolic OH excluding ortho intramolecular Hbond substituents is 1. The Kier molecular flexibility index (Phi) is 4.10. The van der Waals surface area contributed by atoms with Gasteiger partial charge in [-0.1, -0.05) is 28.1 Å². The second-order valence-corrected chi connectivity index (χ2v) is 4.60. The fraction of sp³-hybridized carbons (Fsp3) is 0.143. The van der Waals surface area contributed by atoms with Crippen molar-refractivity contribution in [1.82, 2.24) is 0 Å². The number of hydrogen-bond acceptors (Lipinski definition) is 3. The number of ether oxygens (including phenoxy) is 2. The van der Waals surface area contributed by atoms with E-state index in [9.17, 15) is 5.11 Å². The van der Waals surface area contributed by atoms with Crippen LogP contribution in [0, 0.1) is 0 Å². The van der Waals surface area contributed by atoms with Crippen molar-refractivity contribution in [2.24, 2.45) is 0 Å². The molecule has 0 heterocycles. The van der Waals surface area contributed by atoms with Crippen LogP contribution < -0.4 is 9.47 Å². The van der Waals surface area contributed by atoms with Crippen LogP contribution in [-0.4, -0.2) is 12.2 Å². The van der Waals surface area contributed by atoms with E-state index in [1.165, 1.54) is 0 Å². The van der Waals surface area contributed by atoms with Crippen LogP contribution in [-0.2, 0) is 6.61 Å². The molecule has 0 spiro atoms. The Morgan fingerprint density at radius 2 is 1.89 bits per heavy atom. The predicted molar refractivity (Wildman–Crippen MR) is 73.1 cm³/mol. The summed E-state index contributed by atoms with van der Waals surface area (Å²) in [4.78, 5) is 0. The lowest BCUT2D eigenvalue weighted by Gasteiger charge is -2.09.